The van der Waals surface area contributed by atoms with Crippen molar-refractivity contribution in [3.63, 3.8) is 0 Å². The Bertz CT molecular complexity index is 470. The van der Waals surface area contributed by atoms with Gasteiger partial charge in [-0.15, -0.1) is 0 Å². The quantitative estimate of drug-likeness (QED) is 0.634. The average molecular weight is 266 g/mol. The van der Waals surface area contributed by atoms with Gasteiger partial charge in [-0.3, -0.25) is 14.9 Å². The molecule has 0 aliphatic rings. The number of anilines is 1. The third-order valence-electron chi connectivity index (χ3n) is 3.00. The maximum atomic E-state index is 11.9. The van der Waals surface area contributed by atoms with Gasteiger partial charge in [0, 0.05) is 17.7 Å². The topological polar surface area (TPSA) is 81.5 Å². The minimum atomic E-state index is -0.536. The molecule has 0 saturated carbocycles. The molecule has 0 aliphatic carbocycles. The molecule has 6 nitrogen and oxygen atoms in total. The molecule has 1 aromatic rings. The smallest absolute Gasteiger partial charge is 0.312 e. The van der Waals surface area contributed by atoms with E-state index < -0.39 is 4.92 Å². The lowest BCUT2D eigenvalue weighted by Gasteiger charge is -2.13. The Hall–Kier alpha value is -2.11. The number of carbonyl (C=O) groups excluding carboxylic acids is 1. The van der Waals surface area contributed by atoms with Gasteiger partial charge < -0.3 is 10.1 Å². The van der Waals surface area contributed by atoms with Crippen molar-refractivity contribution in [1.29, 1.82) is 0 Å². The number of rotatable bonds is 6. The summed E-state index contributed by atoms with van der Waals surface area (Å²) in [7, 11) is 1.37. The molecule has 0 radical (unpaired) electrons. The van der Waals surface area contributed by atoms with Crippen molar-refractivity contribution >= 4 is 17.3 Å². The van der Waals surface area contributed by atoms with Crippen LogP contribution in [-0.4, -0.2) is 17.9 Å². The van der Waals surface area contributed by atoms with Crippen LogP contribution in [0.4, 0.5) is 11.4 Å². The van der Waals surface area contributed by atoms with Crippen molar-refractivity contribution in [1.82, 2.24) is 0 Å². The van der Waals surface area contributed by atoms with Gasteiger partial charge in [0.25, 0.3) is 0 Å². The molecular weight excluding hydrogens is 248 g/mol. The van der Waals surface area contributed by atoms with Crippen molar-refractivity contribution < 1.29 is 14.5 Å². The van der Waals surface area contributed by atoms with E-state index in [9.17, 15) is 14.9 Å². The van der Waals surface area contributed by atoms with Crippen LogP contribution in [0.2, 0.25) is 0 Å². The van der Waals surface area contributed by atoms with Crippen LogP contribution < -0.4 is 10.1 Å². The van der Waals surface area contributed by atoms with Crippen LogP contribution in [0.5, 0.6) is 5.75 Å². The van der Waals surface area contributed by atoms with Crippen molar-refractivity contribution in [2.24, 2.45) is 5.92 Å². The van der Waals surface area contributed by atoms with Crippen LogP contribution in [0.3, 0.4) is 0 Å². The lowest BCUT2D eigenvalue weighted by atomic mass is 10.0. The summed E-state index contributed by atoms with van der Waals surface area (Å²) in [6.45, 7) is 3.87. The number of nitrogens with zero attached hydrogens (tertiary/aromatic N) is 1. The summed E-state index contributed by atoms with van der Waals surface area (Å²) in [5.41, 5.74) is 0.245. The van der Waals surface area contributed by atoms with Gasteiger partial charge in [0.15, 0.2) is 5.75 Å². The summed E-state index contributed by atoms with van der Waals surface area (Å²) in [5.74, 6) is -0.0313. The fourth-order valence-corrected chi connectivity index (χ4v) is 1.81. The van der Waals surface area contributed by atoms with Gasteiger partial charge >= 0.3 is 5.69 Å². The van der Waals surface area contributed by atoms with Crippen LogP contribution in [0, 0.1) is 16.0 Å². The van der Waals surface area contributed by atoms with Gasteiger partial charge in [-0.1, -0.05) is 13.8 Å². The van der Waals surface area contributed by atoms with E-state index in [1.807, 2.05) is 13.8 Å². The van der Waals surface area contributed by atoms with E-state index in [2.05, 4.69) is 5.32 Å². The molecule has 104 valence electrons. The average Bonchev–Trinajstić information content (AvgIpc) is 2.40. The molecule has 1 amide bonds. The van der Waals surface area contributed by atoms with Gasteiger partial charge in [0.2, 0.25) is 5.91 Å². The second-order valence-corrected chi connectivity index (χ2v) is 4.15. The van der Waals surface area contributed by atoms with Crippen LogP contribution in [-0.2, 0) is 4.79 Å². The van der Waals surface area contributed by atoms with Gasteiger partial charge in [-0.2, -0.15) is 0 Å². The molecule has 0 bridgehead atoms. The molecule has 0 heterocycles. The zero-order chi connectivity index (χ0) is 14.4. The molecular formula is C13H18N2O4. The Morgan fingerprint density at radius 1 is 1.42 bits per heavy atom. The zero-order valence-corrected chi connectivity index (χ0v) is 11.3. The fourth-order valence-electron chi connectivity index (χ4n) is 1.81. The predicted octanol–water partition coefficient (Wildman–Crippen LogP) is 2.98. The number of hydrogen-bond acceptors (Lipinski definition) is 4. The summed E-state index contributed by atoms with van der Waals surface area (Å²) in [4.78, 5) is 22.2. The number of nitrogens with one attached hydrogen (secondary N) is 1. The maximum Gasteiger partial charge on any atom is 0.312 e. The van der Waals surface area contributed by atoms with E-state index in [0.717, 1.165) is 12.8 Å². The SMILES string of the molecule is CCC(CC)C(=O)Nc1ccc(OC)c([N+](=O)[O-])c1. The van der Waals surface area contributed by atoms with Crippen molar-refractivity contribution in [2.75, 3.05) is 12.4 Å². The summed E-state index contributed by atoms with van der Waals surface area (Å²) >= 11 is 0. The van der Waals surface area contributed by atoms with Gasteiger partial charge in [0.1, 0.15) is 0 Å². The third kappa shape index (κ3) is 3.67. The second kappa shape index (κ2) is 6.72. The van der Waals surface area contributed by atoms with Crippen molar-refractivity contribution in [2.45, 2.75) is 26.7 Å². The first-order chi connectivity index (χ1) is 9.03. The minimum absolute atomic E-state index is 0.0823. The van der Waals surface area contributed by atoms with Gasteiger partial charge in [0.05, 0.1) is 12.0 Å². The maximum absolute atomic E-state index is 11.9. The Morgan fingerprint density at radius 2 is 2.05 bits per heavy atom. The highest BCUT2D eigenvalue weighted by atomic mass is 16.6. The second-order valence-electron chi connectivity index (χ2n) is 4.15. The van der Waals surface area contributed by atoms with E-state index in [0.29, 0.717) is 5.69 Å². The van der Waals surface area contributed by atoms with E-state index in [-0.39, 0.29) is 23.3 Å². The Kier molecular flexibility index (Phi) is 5.29. The third-order valence-corrected chi connectivity index (χ3v) is 3.00. The number of methoxy groups -OCH3 is 1. The first-order valence-electron chi connectivity index (χ1n) is 6.16. The summed E-state index contributed by atoms with van der Waals surface area (Å²) in [5, 5.41) is 13.6. The van der Waals surface area contributed by atoms with E-state index in [1.54, 1.807) is 6.07 Å². The van der Waals surface area contributed by atoms with Crippen LogP contribution in [0.1, 0.15) is 26.7 Å². The summed E-state index contributed by atoms with van der Waals surface area (Å²) < 4.78 is 4.90. The molecule has 0 saturated heterocycles. The molecule has 0 atom stereocenters. The lowest BCUT2D eigenvalue weighted by molar-refractivity contribution is -0.385. The standard InChI is InChI=1S/C13H18N2O4/c1-4-9(5-2)13(16)14-10-6-7-12(19-3)11(8-10)15(17)18/h6-9H,4-5H2,1-3H3,(H,14,16). The Labute approximate surface area is 111 Å². The normalized spacial score (nSPS) is 10.3. The minimum Gasteiger partial charge on any atom is -0.490 e. The molecule has 0 spiro atoms. The molecule has 6 heteroatoms. The first-order valence-corrected chi connectivity index (χ1v) is 6.16. The summed E-state index contributed by atoms with van der Waals surface area (Å²) in [6, 6.07) is 4.37. The predicted molar refractivity (Wildman–Crippen MR) is 72.4 cm³/mol. The monoisotopic (exact) mass is 266 g/mol. The number of nitro benzene ring substituents is 1. The first kappa shape index (κ1) is 14.9. The Morgan fingerprint density at radius 3 is 2.53 bits per heavy atom. The number of carbonyl (C=O) groups is 1. The fraction of sp³-hybridized carbons (Fsp3) is 0.462. The van der Waals surface area contributed by atoms with Crippen LogP contribution in [0.25, 0.3) is 0 Å². The number of nitro groups is 1. The zero-order valence-electron chi connectivity index (χ0n) is 11.3. The number of benzene rings is 1. The largest absolute Gasteiger partial charge is 0.490 e. The van der Waals surface area contributed by atoms with Gasteiger partial charge in [-0.05, 0) is 25.0 Å². The molecule has 1 N–H and O–H groups in total. The highest BCUT2D eigenvalue weighted by Crippen LogP contribution is 2.29. The molecule has 19 heavy (non-hydrogen) atoms. The molecule has 1 aromatic carbocycles. The Balaban J connectivity index is 2.94. The number of hydrogen-bond donors (Lipinski definition) is 1. The van der Waals surface area contributed by atoms with E-state index in [4.69, 9.17) is 4.74 Å². The van der Waals surface area contributed by atoms with Crippen LogP contribution in [0.15, 0.2) is 18.2 Å². The van der Waals surface area contributed by atoms with Crippen molar-refractivity contribution in [3.8, 4) is 5.75 Å². The lowest BCUT2D eigenvalue weighted by Crippen LogP contribution is -2.21. The van der Waals surface area contributed by atoms with Gasteiger partial charge in [-0.25, -0.2) is 0 Å². The molecule has 0 aliphatic heterocycles. The van der Waals surface area contributed by atoms with E-state index >= 15 is 0 Å². The molecule has 0 unspecified atom stereocenters. The highest BCUT2D eigenvalue weighted by Gasteiger charge is 2.18. The number of ether oxygens (including phenoxy) is 1. The molecule has 0 aromatic heterocycles. The highest BCUT2D eigenvalue weighted by molar-refractivity contribution is 5.93. The molecule has 0 fully saturated rings. The van der Waals surface area contributed by atoms with Crippen LogP contribution >= 0.6 is 0 Å². The van der Waals surface area contributed by atoms with Crippen molar-refractivity contribution in [3.05, 3.63) is 28.3 Å². The summed E-state index contributed by atoms with van der Waals surface area (Å²) in [6.07, 6.45) is 1.47. The molecule has 1 rings (SSSR count). The van der Waals surface area contributed by atoms with E-state index in [1.165, 1.54) is 19.2 Å². The number of amides is 1.